The number of ether oxygens (including phenoxy) is 2. The molecule has 1 spiro atoms. The summed E-state index contributed by atoms with van der Waals surface area (Å²) >= 11 is 0. The monoisotopic (exact) mass is 484 g/mol. The van der Waals surface area contributed by atoms with Gasteiger partial charge in [-0.25, -0.2) is 5.01 Å². The van der Waals surface area contributed by atoms with Gasteiger partial charge >= 0.3 is 5.97 Å². The van der Waals surface area contributed by atoms with Crippen LogP contribution in [0, 0.1) is 51.2 Å². The van der Waals surface area contributed by atoms with Crippen molar-refractivity contribution < 1.29 is 14.3 Å². The van der Waals surface area contributed by atoms with Crippen LogP contribution in [0.2, 0.25) is 0 Å². The van der Waals surface area contributed by atoms with Gasteiger partial charge in [-0.2, -0.15) is 0 Å². The molecule has 35 heavy (non-hydrogen) atoms. The van der Waals surface area contributed by atoms with Gasteiger partial charge in [0.05, 0.1) is 11.4 Å². The summed E-state index contributed by atoms with van der Waals surface area (Å²) in [5.41, 5.74) is 1.56. The zero-order chi connectivity index (χ0) is 24.8. The smallest absolute Gasteiger partial charge is 0.302 e. The van der Waals surface area contributed by atoms with Crippen molar-refractivity contribution in [3.05, 3.63) is 16.6 Å². The van der Waals surface area contributed by atoms with E-state index >= 15 is 0 Å². The van der Waals surface area contributed by atoms with Crippen LogP contribution in [0.15, 0.2) is 16.9 Å². The average molecular weight is 485 g/mol. The lowest BCUT2D eigenvalue weighted by atomic mass is 9.46. The molecule has 3 saturated carbocycles. The first-order valence-electron chi connectivity index (χ1n) is 14.3. The molecule has 194 valence electrons. The molecule has 2 heterocycles. The van der Waals surface area contributed by atoms with E-state index in [9.17, 15) is 9.70 Å². The Balaban J connectivity index is 1.25. The Hall–Kier alpha value is -1.43. The second-order valence-corrected chi connectivity index (χ2v) is 13.6. The van der Waals surface area contributed by atoms with E-state index in [1.165, 1.54) is 19.8 Å². The molecule has 0 amide bonds. The summed E-state index contributed by atoms with van der Waals surface area (Å²) in [6, 6.07) is 0. The van der Waals surface area contributed by atoms with Crippen molar-refractivity contribution in [2.24, 2.45) is 51.6 Å². The van der Waals surface area contributed by atoms with Crippen molar-refractivity contribution in [2.75, 3.05) is 6.54 Å². The van der Waals surface area contributed by atoms with Crippen LogP contribution in [-0.4, -0.2) is 35.5 Å². The number of piperidine rings is 1. The molecule has 0 N–H and O–H groups in total. The first kappa shape index (κ1) is 23.9. The van der Waals surface area contributed by atoms with Gasteiger partial charge in [-0.05, 0) is 91.8 Å². The van der Waals surface area contributed by atoms with Crippen molar-refractivity contribution in [1.82, 2.24) is 5.01 Å². The van der Waals surface area contributed by atoms with E-state index in [4.69, 9.17) is 9.47 Å². The molecule has 11 atom stereocenters. The quantitative estimate of drug-likeness (QED) is 0.263. The normalized spacial score (nSPS) is 52.7. The minimum Gasteiger partial charge on any atom is -0.462 e. The largest absolute Gasteiger partial charge is 0.462 e. The maximum absolute atomic E-state index is 11.9. The summed E-state index contributed by atoms with van der Waals surface area (Å²) in [6.07, 6.45) is 12.7. The number of allylic oxidation sites excluding steroid dienone is 1. The maximum atomic E-state index is 11.9. The molecule has 5 fully saturated rings. The van der Waals surface area contributed by atoms with Gasteiger partial charge in [0.25, 0.3) is 0 Å². The minimum atomic E-state index is -0.491. The van der Waals surface area contributed by atoms with Gasteiger partial charge in [-0.15, -0.1) is 4.91 Å². The highest BCUT2D eigenvalue weighted by Crippen LogP contribution is 2.70. The lowest BCUT2D eigenvalue weighted by Crippen LogP contribution is -2.57. The van der Waals surface area contributed by atoms with Crippen LogP contribution in [-0.2, 0) is 14.3 Å². The Bertz CT molecular complexity index is 936. The first-order chi connectivity index (χ1) is 16.6. The van der Waals surface area contributed by atoms with Gasteiger partial charge in [0, 0.05) is 25.8 Å². The van der Waals surface area contributed by atoms with Crippen LogP contribution in [0.3, 0.4) is 0 Å². The zero-order valence-electron chi connectivity index (χ0n) is 22.3. The molecule has 0 aromatic heterocycles. The predicted molar refractivity (Wildman–Crippen MR) is 134 cm³/mol. The molecule has 2 saturated heterocycles. The second kappa shape index (κ2) is 8.03. The average Bonchev–Trinajstić information content (AvgIpc) is 3.26. The number of esters is 1. The Morgan fingerprint density at radius 3 is 2.69 bits per heavy atom. The zero-order valence-corrected chi connectivity index (χ0v) is 22.3. The van der Waals surface area contributed by atoms with Gasteiger partial charge in [0.1, 0.15) is 6.10 Å². The summed E-state index contributed by atoms with van der Waals surface area (Å²) in [4.78, 5) is 23.4. The number of hydrogen-bond donors (Lipinski definition) is 0. The van der Waals surface area contributed by atoms with Gasteiger partial charge in [0.2, 0.25) is 0 Å². The van der Waals surface area contributed by atoms with Crippen molar-refractivity contribution in [2.45, 2.75) is 110 Å². The minimum absolute atomic E-state index is 0.0566. The fourth-order valence-corrected chi connectivity index (χ4v) is 10.5. The lowest BCUT2D eigenvalue weighted by molar-refractivity contribution is -0.196. The predicted octanol–water partition coefficient (Wildman–Crippen LogP) is 6.25. The number of carbonyl (C=O) groups is 1. The molecule has 6 aliphatic rings. The summed E-state index contributed by atoms with van der Waals surface area (Å²) in [5, 5.41) is 5.28. The van der Waals surface area contributed by atoms with E-state index in [0.717, 1.165) is 51.5 Å². The van der Waals surface area contributed by atoms with Gasteiger partial charge in [-0.1, -0.05) is 39.3 Å². The van der Waals surface area contributed by atoms with Crippen LogP contribution in [0.5, 0.6) is 0 Å². The van der Waals surface area contributed by atoms with Crippen LogP contribution < -0.4 is 0 Å². The van der Waals surface area contributed by atoms with E-state index < -0.39 is 5.72 Å². The SMILES string of the molecule is CC(=O)O[C@@H]1CC[C@@]2(C)C(=CC[C@@H]3[C@@H]4C[C@@H]5O[C@]6(CC[C@H](C)CN6N=O)[C@H](C)[C@H]5[C@@]4(C)CC[C@@H]32)C1. The Labute approximate surface area is 210 Å². The van der Waals surface area contributed by atoms with Crippen molar-refractivity contribution >= 4 is 5.97 Å². The molecule has 2 aliphatic heterocycles. The molecular weight excluding hydrogens is 440 g/mol. The number of carbonyl (C=O) groups excluding carboxylic acids is 1. The standard InChI is InChI=1S/C29H44N2O4/c1-17-8-13-29(31(16-17)30-33)18(2)26-25(35-29)15-24-22-7-6-20-14-21(34-19(3)32)9-11-27(20,4)23(22)10-12-28(24,26)5/h6,17-18,21-26H,7-16H2,1-5H3/t17-,18+,21+,22-,23-,24-,25-,26+,27-,28-,29+/m0/s1. The van der Waals surface area contributed by atoms with Gasteiger partial charge in [-0.3, -0.25) is 4.79 Å². The van der Waals surface area contributed by atoms with E-state index in [1.54, 1.807) is 10.6 Å². The van der Waals surface area contributed by atoms with Crippen LogP contribution in [0.4, 0.5) is 0 Å². The second-order valence-electron chi connectivity index (χ2n) is 13.6. The van der Waals surface area contributed by atoms with Crippen molar-refractivity contribution in [1.29, 1.82) is 0 Å². The Morgan fingerprint density at radius 1 is 1.14 bits per heavy atom. The number of nitroso groups, excluding NO2 is 1. The summed E-state index contributed by atoms with van der Waals surface area (Å²) in [6.45, 7) is 11.9. The number of rotatable bonds is 2. The molecular formula is C29H44N2O4. The molecule has 0 unspecified atom stereocenters. The third-order valence-corrected chi connectivity index (χ3v) is 12.1. The molecule has 6 heteroatoms. The van der Waals surface area contributed by atoms with Crippen LogP contribution >= 0.6 is 0 Å². The number of nitrogens with zero attached hydrogens (tertiary/aromatic N) is 2. The van der Waals surface area contributed by atoms with Crippen LogP contribution in [0.1, 0.15) is 92.4 Å². The first-order valence-corrected chi connectivity index (χ1v) is 14.3. The number of fused-ring (bicyclic) bond motifs is 7. The molecule has 0 aromatic carbocycles. The molecule has 0 bridgehead atoms. The molecule has 4 aliphatic carbocycles. The molecule has 0 radical (unpaired) electrons. The summed E-state index contributed by atoms with van der Waals surface area (Å²) in [7, 11) is 0. The van der Waals surface area contributed by atoms with Crippen molar-refractivity contribution in [3.63, 3.8) is 0 Å². The third kappa shape index (κ3) is 3.26. The fourth-order valence-electron chi connectivity index (χ4n) is 10.5. The third-order valence-electron chi connectivity index (χ3n) is 12.1. The van der Waals surface area contributed by atoms with Gasteiger partial charge in [0.15, 0.2) is 5.72 Å². The molecule has 6 nitrogen and oxygen atoms in total. The maximum Gasteiger partial charge on any atom is 0.302 e. The molecule has 6 rings (SSSR count). The van der Waals surface area contributed by atoms with Gasteiger partial charge < -0.3 is 9.47 Å². The van der Waals surface area contributed by atoms with Crippen LogP contribution in [0.25, 0.3) is 0 Å². The highest BCUT2D eigenvalue weighted by Gasteiger charge is 2.69. The Kier molecular flexibility index (Phi) is 5.49. The Morgan fingerprint density at radius 2 is 1.94 bits per heavy atom. The molecule has 0 aromatic rings. The highest BCUT2D eigenvalue weighted by atomic mass is 16.5. The van der Waals surface area contributed by atoms with E-state index in [1.807, 2.05) is 0 Å². The topological polar surface area (TPSA) is 68.2 Å². The highest BCUT2D eigenvalue weighted by molar-refractivity contribution is 5.66. The van der Waals surface area contributed by atoms with E-state index in [-0.39, 0.29) is 29.0 Å². The fraction of sp³-hybridized carbons (Fsp3) is 0.897. The lowest BCUT2D eigenvalue weighted by Gasteiger charge is -2.58. The van der Waals surface area contributed by atoms with Crippen molar-refractivity contribution in [3.8, 4) is 0 Å². The number of hydrogen-bond acceptors (Lipinski definition) is 5. The van der Waals surface area contributed by atoms with E-state index in [0.29, 0.717) is 35.5 Å². The summed E-state index contributed by atoms with van der Waals surface area (Å²) in [5.74, 6) is 3.27. The van der Waals surface area contributed by atoms with E-state index in [2.05, 4.69) is 39.1 Å². The summed E-state index contributed by atoms with van der Waals surface area (Å²) < 4.78 is 12.6.